The number of nitrogens with zero attached hydrogens (tertiary/aromatic N) is 1. The number of benzene rings is 2. The third-order valence-electron chi connectivity index (χ3n) is 5.51. The van der Waals surface area contributed by atoms with Crippen molar-refractivity contribution in [1.29, 1.82) is 0 Å². The number of anilines is 1. The van der Waals surface area contributed by atoms with Crippen LogP contribution in [0.5, 0.6) is 0 Å². The average Bonchev–Trinajstić information content (AvgIpc) is 2.82. The monoisotopic (exact) mass is 351 g/mol. The van der Waals surface area contributed by atoms with Crippen LogP contribution in [0, 0.1) is 0 Å². The summed E-state index contributed by atoms with van der Waals surface area (Å²) in [4.78, 5) is 2.43. The molecule has 0 bridgehead atoms. The van der Waals surface area contributed by atoms with Gasteiger partial charge in [-0.15, -0.1) is 0 Å². The van der Waals surface area contributed by atoms with Crippen molar-refractivity contribution in [3.63, 3.8) is 0 Å². The summed E-state index contributed by atoms with van der Waals surface area (Å²) in [6, 6.07) is 21.3. The van der Waals surface area contributed by atoms with Crippen LogP contribution in [0.25, 0.3) is 0 Å². The maximum Gasteiger partial charge on any atom is 0.457 e. The van der Waals surface area contributed by atoms with E-state index in [2.05, 4.69) is 93.3 Å². The van der Waals surface area contributed by atoms with Crippen LogP contribution in [-0.2, 0) is 15.9 Å². The van der Waals surface area contributed by atoms with E-state index in [1.165, 1.54) is 11.3 Å². The maximum atomic E-state index is 6.13. The summed E-state index contributed by atoms with van der Waals surface area (Å²) in [5, 5.41) is 0. The first-order valence-electron chi connectivity index (χ1n) is 9.57. The Morgan fingerprint density at radius 3 is 1.92 bits per heavy atom. The summed E-state index contributed by atoms with van der Waals surface area (Å²) >= 11 is 0. The van der Waals surface area contributed by atoms with Crippen LogP contribution in [0.4, 0.5) is 5.69 Å². The first-order chi connectivity index (χ1) is 12.4. The van der Waals surface area contributed by atoms with Gasteiger partial charge in [-0.25, -0.2) is 0 Å². The Bertz CT molecular complexity index is 672. The third-order valence-corrected chi connectivity index (χ3v) is 5.51. The molecule has 0 saturated carbocycles. The summed E-state index contributed by atoms with van der Waals surface area (Å²) in [6.45, 7) is 10.3. The molecule has 4 heteroatoms. The minimum atomic E-state index is -0.249. The van der Waals surface area contributed by atoms with E-state index < -0.39 is 0 Å². The summed E-state index contributed by atoms with van der Waals surface area (Å²) in [5.41, 5.74) is 2.08. The zero-order valence-electron chi connectivity index (χ0n) is 16.4. The smallest absolute Gasteiger partial charge is 0.403 e. The molecule has 0 aromatic heterocycles. The number of rotatable bonds is 7. The summed E-state index contributed by atoms with van der Waals surface area (Å²) in [7, 11) is -0.116. The molecule has 0 unspecified atom stereocenters. The first-order valence-corrected chi connectivity index (χ1v) is 9.57. The van der Waals surface area contributed by atoms with Crippen molar-refractivity contribution in [3.05, 3.63) is 66.2 Å². The molecule has 26 heavy (non-hydrogen) atoms. The van der Waals surface area contributed by atoms with Crippen molar-refractivity contribution in [3.8, 4) is 0 Å². The molecule has 3 nitrogen and oxygen atoms in total. The lowest BCUT2D eigenvalue weighted by molar-refractivity contribution is 0.00578. The predicted molar refractivity (Wildman–Crippen MR) is 109 cm³/mol. The highest BCUT2D eigenvalue weighted by Crippen LogP contribution is 2.38. The molecular formula is C22H30BNO2. The van der Waals surface area contributed by atoms with Gasteiger partial charge in [-0.3, -0.25) is 0 Å². The van der Waals surface area contributed by atoms with Crippen molar-refractivity contribution in [2.24, 2.45) is 0 Å². The quantitative estimate of drug-likeness (QED) is 0.642. The van der Waals surface area contributed by atoms with Crippen LogP contribution in [0.1, 0.15) is 39.7 Å². The van der Waals surface area contributed by atoms with Crippen molar-refractivity contribution >= 4 is 12.8 Å². The topological polar surface area (TPSA) is 21.7 Å². The van der Waals surface area contributed by atoms with Gasteiger partial charge in [-0.2, -0.15) is 0 Å². The molecule has 138 valence electrons. The normalized spacial score (nSPS) is 18.1. The fourth-order valence-electron chi connectivity index (χ4n) is 3.27. The van der Waals surface area contributed by atoms with E-state index in [1.54, 1.807) is 0 Å². The second-order valence-electron chi connectivity index (χ2n) is 8.07. The molecule has 0 atom stereocenters. The second-order valence-corrected chi connectivity index (χ2v) is 8.07. The molecular weight excluding hydrogens is 321 g/mol. The maximum absolute atomic E-state index is 6.13. The van der Waals surface area contributed by atoms with Crippen LogP contribution in [0.3, 0.4) is 0 Å². The molecule has 2 aromatic carbocycles. The number of para-hydroxylation sites is 1. The van der Waals surface area contributed by atoms with E-state index in [4.69, 9.17) is 9.31 Å². The van der Waals surface area contributed by atoms with Crippen LogP contribution < -0.4 is 4.90 Å². The highest BCUT2D eigenvalue weighted by atomic mass is 16.7. The van der Waals surface area contributed by atoms with Crippen molar-refractivity contribution in [1.82, 2.24) is 0 Å². The molecule has 2 aromatic rings. The molecule has 0 spiro atoms. The van der Waals surface area contributed by atoms with Gasteiger partial charge in [0.25, 0.3) is 0 Å². The Morgan fingerprint density at radius 2 is 1.35 bits per heavy atom. The van der Waals surface area contributed by atoms with Crippen LogP contribution in [-0.4, -0.2) is 24.9 Å². The lowest BCUT2D eigenvalue weighted by Crippen LogP contribution is -2.41. The Labute approximate surface area is 158 Å². The molecule has 1 heterocycles. The number of hydrogen-bond donors (Lipinski definition) is 0. The minimum absolute atomic E-state index is 0.116. The summed E-state index contributed by atoms with van der Waals surface area (Å²) in [6.07, 6.45) is 1.93. The van der Waals surface area contributed by atoms with Gasteiger partial charge >= 0.3 is 7.12 Å². The van der Waals surface area contributed by atoms with Gasteiger partial charge in [0.1, 0.15) is 0 Å². The van der Waals surface area contributed by atoms with E-state index in [0.717, 1.165) is 25.8 Å². The first kappa shape index (κ1) is 19.0. The molecule has 1 fully saturated rings. The fraction of sp³-hybridized carbons (Fsp3) is 0.455. The van der Waals surface area contributed by atoms with Crippen LogP contribution >= 0.6 is 0 Å². The van der Waals surface area contributed by atoms with Crippen molar-refractivity contribution in [2.45, 2.75) is 58.2 Å². The average molecular weight is 351 g/mol. The van der Waals surface area contributed by atoms with E-state index in [1.807, 2.05) is 0 Å². The summed E-state index contributed by atoms with van der Waals surface area (Å²) < 4.78 is 12.3. The van der Waals surface area contributed by atoms with Crippen LogP contribution in [0.2, 0.25) is 6.32 Å². The molecule has 0 radical (unpaired) electrons. The summed E-state index contributed by atoms with van der Waals surface area (Å²) in [5.74, 6) is 0. The Kier molecular flexibility index (Phi) is 5.74. The molecule has 1 saturated heterocycles. The SMILES string of the molecule is CC1(C)OB(CCCN(Cc2ccccc2)c2ccccc2)OC1(C)C. The second kappa shape index (κ2) is 7.85. The molecule has 0 aliphatic carbocycles. The van der Waals surface area contributed by atoms with Gasteiger partial charge in [0.15, 0.2) is 0 Å². The Morgan fingerprint density at radius 1 is 0.808 bits per heavy atom. The zero-order valence-corrected chi connectivity index (χ0v) is 16.4. The van der Waals surface area contributed by atoms with Gasteiger partial charge in [0, 0.05) is 18.8 Å². The third kappa shape index (κ3) is 4.49. The highest BCUT2D eigenvalue weighted by molar-refractivity contribution is 6.45. The molecule has 1 aliphatic heterocycles. The van der Waals surface area contributed by atoms with E-state index in [0.29, 0.717) is 0 Å². The van der Waals surface area contributed by atoms with Gasteiger partial charge in [-0.1, -0.05) is 48.5 Å². The van der Waals surface area contributed by atoms with Crippen LogP contribution in [0.15, 0.2) is 60.7 Å². The van der Waals surface area contributed by atoms with Gasteiger partial charge in [-0.05, 0) is 58.1 Å². The minimum Gasteiger partial charge on any atom is -0.403 e. The predicted octanol–water partition coefficient (Wildman–Crippen LogP) is 5.18. The number of hydrogen-bond acceptors (Lipinski definition) is 3. The van der Waals surface area contributed by atoms with Crippen molar-refractivity contribution < 1.29 is 9.31 Å². The fourth-order valence-corrected chi connectivity index (χ4v) is 3.27. The largest absolute Gasteiger partial charge is 0.457 e. The highest BCUT2D eigenvalue weighted by Gasteiger charge is 2.50. The van der Waals surface area contributed by atoms with Gasteiger partial charge in [0.05, 0.1) is 11.2 Å². The molecule has 1 aliphatic rings. The van der Waals surface area contributed by atoms with Crippen molar-refractivity contribution in [2.75, 3.05) is 11.4 Å². The lowest BCUT2D eigenvalue weighted by atomic mass is 9.83. The van der Waals surface area contributed by atoms with E-state index >= 15 is 0 Å². The molecule has 3 rings (SSSR count). The lowest BCUT2D eigenvalue weighted by Gasteiger charge is -2.32. The van der Waals surface area contributed by atoms with Gasteiger partial charge in [0.2, 0.25) is 0 Å². The van der Waals surface area contributed by atoms with E-state index in [-0.39, 0.29) is 18.3 Å². The standard InChI is InChI=1S/C22H30BNO2/c1-21(2)22(3,4)26-23(25-21)16-11-17-24(20-14-9-6-10-15-20)18-19-12-7-5-8-13-19/h5-10,12-15H,11,16-18H2,1-4H3. The van der Waals surface area contributed by atoms with E-state index in [9.17, 15) is 0 Å². The Hall–Kier alpha value is -1.78. The molecule has 0 N–H and O–H groups in total. The zero-order chi connectivity index (χ0) is 18.6. The molecule has 0 amide bonds. The Balaban J connectivity index is 1.60. The van der Waals surface area contributed by atoms with Gasteiger partial charge < -0.3 is 14.2 Å².